The molecule has 0 saturated heterocycles. The predicted octanol–water partition coefficient (Wildman–Crippen LogP) is 20.8. The van der Waals surface area contributed by atoms with Crippen molar-refractivity contribution in [3.05, 3.63) is 122 Å². The van der Waals surface area contributed by atoms with E-state index in [4.69, 9.17) is 14.2 Å². The summed E-state index contributed by atoms with van der Waals surface area (Å²) in [6.45, 7) is 6.42. The molecule has 0 aromatic heterocycles. The zero-order valence-corrected chi connectivity index (χ0v) is 48.1. The van der Waals surface area contributed by atoms with E-state index in [-0.39, 0.29) is 44.0 Å². The summed E-state index contributed by atoms with van der Waals surface area (Å²) >= 11 is 0. The second-order valence-electron chi connectivity index (χ2n) is 19.9. The number of unbranched alkanes of at least 4 members (excludes halogenated alkanes) is 23. The maximum atomic E-state index is 12.9. The Bertz CT molecular complexity index is 1550. The zero-order chi connectivity index (χ0) is 53.6. The first-order valence-electron chi connectivity index (χ1n) is 30.5. The van der Waals surface area contributed by atoms with E-state index < -0.39 is 6.10 Å². The van der Waals surface area contributed by atoms with Crippen molar-refractivity contribution in [1.29, 1.82) is 0 Å². The lowest BCUT2D eigenvalue weighted by molar-refractivity contribution is -0.166. The molecule has 0 bridgehead atoms. The van der Waals surface area contributed by atoms with Crippen LogP contribution in [0.2, 0.25) is 0 Å². The Morgan fingerprint density at radius 3 is 0.932 bits per heavy atom. The molecule has 0 radical (unpaired) electrons. The predicted molar refractivity (Wildman–Crippen MR) is 320 cm³/mol. The molecule has 0 N–H and O–H groups in total. The van der Waals surface area contributed by atoms with Gasteiger partial charge in [0.1, 0.15) is 13.2 Å². The normalized spacial score (nSPS) is 13.0. The third kappa shape index (κ3) is 58.7. The summed E-state index contributed by atoms with van der Waals surface area (Å²) in [7, 11) is 0. The van der Waals surface area contributed by atoms with E-state index in [1.807, 2.05) is 6.08 Å². The van der Waals surface area contributed by atoms with Gasteiger partial charge in [0.05, 0.1) is 0 Å². The minimum Gasteiger partial charge on any atom is -0.462 e. The maximum Gasteiger partial charge on any atom is 0.306 e. The summed E-state index contributed by atoms with van der Waals surface area (Å²) in [4.78, 5) is 38.2. The van der Waals surface area contributed by atoms with Crippen LogP contribution in [-0.2, 0) is 28.6 Å². The highest BCUT2D eigenvalue weighted by Crippen LogP contribution is 2.16. The highest BCUT2D eigenvalue weighted by atomic mass is 16.6. The molecule has 74 heavy (non-hydrogen) atoms. The first-order chi connectivity index (χ1) is 36.5. The SMILES string of the molecule is CC/C=C\C/C=C\C/C=C\C/C=C\C/C=C\C/C=C\CCC(=O)OC[C@@H](COC(=O)CCCCCCCCCCCCCCCCCCCC)OC(=O)CCCCC/C=C\C/C=C\C/C=C\C/C=C\CCCCC. The van der Waals surface area contributed by atoms with Crippen LogP contribution in [0.1, 0.15) is 271 Å². The highest BCUT2D eigenvalue weighted by Gasteiger charge is 2.19. The molecule has 0 saturated carbocycles. The Kier molecular flexibility index (Phi) is 57.9. The number of esters is 3. The molecule has 0 spiro atoms. The van der Waals surface area contributed by atoms with Gasteiger partial charge in [-0.25, -0.2) is 0 Å². The van der Waals surface area contributed by atoms with Gasteiger partial charge in [0, 0.05) is 19.3 Å². The number of rotatable bonds is 54. The van der Waals surface area contributed by atoms with Crippen molar-refractivity contribution in [2.75, 3.05) is 13.2 Å². The third-order valence-corrected chi connectivity index (χ3v) is 12.7. The van der Waals surface area contributed by atoms with Crippen LogP contribution in [0.5, 0.6) is 0 Å². The van der Waals surface area contributed by atoms with Gasteiger partial charge in [0.2, 0.25) is 0 Å². The standard InChI is InChI=1S/C68H112O6/c1-4-7-10-13-16-19-22-25-28-31-34-37-40-43-46-49-52-55-58-61-67(70)73-64-65(63-72-66(69)60-57-54-51-48-45-42-39-36-33-30-27-24-21-18-15-12-9-6-3)74-68(71)62-59-56-53-50-47-44-41-38-35-32-29-26-23-20-17-14-11-8-5-2/h7,10,16-17,19-20,25-26,28-29,34-35,37-38,43-44,46-47,52,55,65H,4-6,8-9,11-15,18,21-24,27,30-33,36,39-42,45,48-51,53-54,56-64H2,1-3H3/b10-7-,19-16-,20-17-,28-25-,29-26-,37-34-,38-35-,46-43-,47-44-,55-52-/t65-/m1/s1. The zero-order valence-electron chi connectivity index (χ0n) is 48.1. The van der Waals surface area contributed by atoms with Gasteiger partial charge in [-0.05, 0) is 103 Å². The van der Waals surface area contributed by atoms with E-state index in [1.165, 1.54) is 122 Å². The number of hydrogen-bond acceptors (Lipinski definition) is 6. The fourth-order valence-corrected chi connectivity index (χ4v) is 8.16. The molecule has 0 heterocycles. The van der Waals surface area contributed by atoms with Gasteiger partial charge in [0.15, 0.2) is 6.10 Å². The summed E-state index contributed by atoms with van der Waals surface area (Å²) in [5.41, 5.74) is 0. The number of allylic oxidation sites excluding steroid dienone is 20. The van der Waals surface area contributed by atoms with Crippen molar-refractivity contribution in [2.45, 2.75) is 277 Å². The number of carbonyl (C=O) groups excluding carboxylic acids is 3. The highest BCUT2D eigenvalue weighted by molar-refractivity contribution is 5.71. The topological polar surface area (TPSA) is 78.9 Å². The second-order valence-corrected chi connectivity index (χ2v) is 19.9. The fraction of sp³-hybridized carbons (Fsp3) is 0.662. The molecule has 0 unspecified atom stereocenters. The minimum atomic E-state index is -0.828. The Hall–Kier alpha value is -4.19. The van der Waals surface area contributed by atoms with Crippen LogP contribution in [0.3, 0.4) is 0 Å². The largest absolute Gasteiger partial charge is 0.462 e. The van der Waals surface area contributed by atoms with E-state index in [0.29, 0.717) is 19.3 Å². The van der Waals surface area contributed by atoms with Gasteiger partial charge in [-0.1, -0.05) is 271 Å². The van der Waals surface area contributed by atoms with E-state index in [9.17, 15) is 14.4 Å². The van der Waals surface area contributed by atoms with E-state index in [2.05, 4.69) is 136 Å². The molecular formula is C68H112O6. The van der Waals surface area contributed by atoms with Gasteiger partial charge in [-0.15, -0.1) is 0 Å². The van der Waals surface area contributed by atoms with E-state index in [1.54, 1.807) is 0 Å². The Balaban J connectivity index is 4.55. The average molecular weight is 1030 g/mol. The molecule has 0 fully saturated rings. The maximum absolute atomic E-state index is 12.9. The molecule has 6 nitrogen and oxygen atoms in total. The lowest BCUT2D eigenvalue weighted by Gasteiger charge is -2.18. The van der Waals surface area contributed by atoms with Crippen LogP contribution < -0.4 is 0 Å². The second kappa shape index (κ2) is 61.4. The summed E-state index contributed by atoms with van der Waals surface area (Å²) in [5.74, 6) is -1.03. The molecule has 0 aliphatic heterocycles. The van der Waals surface area contributed by atoms with Crippen LogP contribution in [0.25, 0.3) is 0 Å². The summed E-state index contributed by atoms with van der Waals surface area (Å²) < 4.78 is 16.8. The molecular weight excluding hydrogens is 913 g/mol. The molecule has 0 amide bonds. The first-order valence-corrected chi connectivity index (χ1v) is 30.5. The van der Waals surface area contributed by atoms with Gasteiger partial charge < -0.3 is 14.2 Å². The van der Waals surface area contributed by atoms with Crippen LogP contribution >= 0.6 is 0 Å². The van der Waals surface area contributed by atoms with Crippen molar-refractivity contribution in [2.24, 2.45) is 0 Å². The summed E-state index contributed by atoms with van der Waals surface area (Å²) in [5, 5.41) is 0. The molecule has 0 aliphatic rings. The van der Waals surface area contributed by atoms with Crippen molar-refractivity contribution in [3.8, 4) is 0 Å². The third-order valence-electron chi connectivity index (χ3n) is 12.7. The molecule has 0 aromatic carbocycles. The van der Waals surface area contributed by atoms with Crippen molar-refractivity contribution >= 4 is 17.9 Å². The molecule has 0 aliphatic carbocycles. The van der Waals surface area contributed by atoms with E-state index in [0.717, 1.165) is 96.3 Å². The first kappa shape index (κ1) is 69.8. The molecule has 0 aromatic rings. The van der Waals surface area contributed by atoms with Gasteiger partial charge in [-0.3, -0.25) is 14.4 Å². The Labute approximate surface area is 456 Å². The molecule has 1 atom stereocenters. The lowest BCUT2D eigenvalue weighted by atomic mass is 10.0. The number of hydrogen-bond donors (Lipinski definition) is 0. The van der Waals surface area contributed by atoms with Gasteiger partial charge >= 0.3 is 17.9 Å². The molecule has 0 rings (SSSR count). The Morgan fingerprint density at radius 2 is 0.554 bits per heavy atom. The number of ether oxygens (including phenoxy) is 3. The van der Waals surface area contributed by atoms with Crippen LogP contribution in [0.4, 0.5) is 0 Å². The lowest BCUT2D eigenvalue weighted by Crippen LogP contribution is -2.30. The fourth-order valence-electron chi connectivity index (χ4n) is 8.16. The van der Waals surface area contributed by atoms with Crippen LogP contribution in [0.15, 0.2) is 122 Å². The monoisotopic (exact) mass is 1020 g/mol. The molecule has 6 heteroatoms. The number of carbonyl (C=O) groups is 3. The Morgan fingerprint density at radius 1 is 0.284 bits per heavy atom. The molecule has 420 valence electrons. The van der Waals surface area contributed by atoms with Crippen molar-refractivity contribution < 1.29 is 28.6 Å². The van der Waals surface area contributed by atoms with Gasteiger partial charge in [-0.2, -0.15) is 0 Å². The average Bonchev–Trinajstić information content (AvgIpc) is 3.40. The van der Waals surface area contributed by atoms with E-state index >= 15 is 0 Å². The van der Waals surface area contributed by atoms with Crippen molar-refractivity contribution in [3.63, 3.8) is 0 Å². The van der Waals surface area contributed by atoms with Crippen molar-refractivity contribution in [1.82, 2.24) is 0 Å². The quantitative estimate of drug-likeness (QED) is 0.0261. The van der Waals surface area contributed by atoms with Gasteiger partial charge in [0.25, 0.3) is 0 Å². The minimum absolute atomic E-state index is 0.115. The van der Waals surface area contributed by atoms with Crippen LogP contribution in [-0.4, -0.2) is 37.2 Å². The smallest absolute Gasteiger partial charge is 0.306 e. The van der Waals surface area contributed by atoms with Crippen LogP contribution in [0, 0.1) is 0 Å². The summed E-state index contributed by atoms with van der Waals surface area (Å²) in [6.07, 6.45) is 84.9. The summed E-state index contributed by atoms with van der Waals surface area (Å²) in [6, 6.07) is 0.